The highest BCUT2D eigenvalue weighted by Gasteiger charge is 2.21. The van der Waals surface area contributed by atoms with E-state index < -0.39 is 0 Å². The third-order valence-corrected chi connectivity index (χ3v) is 4.35. The van der Waals surface area contributed by atoms with Crippen molar-refractivity contribution in [2.24, 2.45) is 0 Å². The highest BCUT2D eigenvalue weighted by atomic mass is 16.2. The van der Waals surface area contributed by atoms with Crippen molar-refractivity contribution in [3.63, 3.8) is 0 Å². The molecule has 1 saturated heterocycles. The summed E-state index contributed by atoms with van der Waals surface area (Å²) in [6.45, 7) is 0.727. The molecule has 2 aromatic carbocycles. The molecule has 0 N–H and O–H groups in total. The predicted molar refractivity (Wildman–Crippen MR) is 102 cm³/mol. The number of hydrogen-bond acceptors (Lipinski definition) is 3. The molecule has 0 bridgehead atoms. The first-order valence-electron chi connectivity index (χ1n) is 8.45. The lowest BCUT2D eigenvalue weighted by atomic mass is 10.1. The molecular formula is C21H22N2O2. The largest absolute Gasteiger partial charge is 0.378 e. The highest BCUT2D eigenvalue weighted by molar-refractivity contribution is 6.08. The summed E-state index contributed by atoms with van der Waals surface area (Å²) in [4.78, 5) is 28.1. The summed E-state index contributed by atoms with van der Waals surface area (Å²) in [5.41, 5.74) is 3.49. The van der Waals surface area contributed by atoms with Crippen molar-refractivity contribution in [2.45, 2.75) is 12.8 Å². The van der Waals surface area contributed by atoms with Crippen LogP contribution in [0.3, 0.4) is 0 Å². The lowest BCUT2D eigenvalue weighted by Gasteiger charge is -2.16. The Kier molecular flexibility index (Phi) is 4.98. The van der Waals surface area contributed by atoms with Gasteiger partial charge in [-0.1, -0.05) is 30.3 Å². The molecule has 4 heteroatoms. The van der Waals surface area contributed by atoms with E-state index in [0.717, 1.165) is 29.9 Å². The normalized spacial score (nSPS) is 14.3. The minimum atomic E-state index is -0.0646. The smallest absolute Gasteiger partial charge is 0.227 e. The van der Waals surface area contributed by atoms with E-state index >= 15 is 0 Å². The van der Waals surface area contributed by atoms with Crippen LogP contribution in [0.25, 0.3) is 6.08 Å². The predicted octanol–water partition coefficient (Wildman–Crippen LogP) is 3.78. The molecule has 0 aromatic heterocycles. The second-order valence-corrected chi connectivity index (χ2v) is 6.38. The number of hydrogen-bond donors (Lipinski definition) is 0. The first-order valence-corrected chi connectivity index (χ1v) is 8.45. The number of benzene rings is 2. The first-order chi connectivity index (χ1) is 12.0. The van der Waals surface area contributed by atoms with Gasteiger partial charge in [0.1, 0.15) is 0 Å². The Balaban J connectivity index is 1.73. The Bertz CT molecular complexity index is 807. The van der Waals surface area contributed by atoms with E-state index in [1.807, 2.05) is 61.5 Å². The second kappa shape index (κ2) is 7.34. The van der Waals surface area contributed by atoms with Crippen LogP contribution in [0.4, 0.5) is 11.4 Å². The molecule has 3 rings (SSSR count). The van der Waals surface area contributed by atoms with Gasteiger partial charge in [-0.05, 0) is 42.3 Å². The molecule has 128 valence electrons. The molecule has 2 aromatic rings. The van der Waals surface area contributed by atoms with E-state index in [2.05, 4.69) is 0 Å². The molecule has 0 radical (unpaired) electrons. The quantitative estimate of drug-likeness (QED) is 0.617. The Morgan fingerprint density at radius 2 is 1.88 bits per heavy atom. The number of carbonyl (C=O) groups is 2. The molecule has 0 unspecified atom stereocenters. The molecule has 0 atom stereocenters. The van der Waals surface area contributed by atoms with Gasteiger partial charge in [0, 0.05) is 44.0 Å². The number of anilines is 2. The van der Waals surface area contributed by atoms with Gasteiger partial charge in [0.15, 0.2) is 5.78 Å². The van der Waals surface area contributed by atoms with Gasteiger partial charge in [0.2, 0.25) is 5.91 Å². The molecule has 1 heterocycles. The van der Waals surface area contributed by atoms with Crippen molar-refractivity contribution in [1.29, 1.82) is 0 Å². The zero-order valence-electron chi connectivity index (χ0n) is 14.6. The second-order valence-electron chi connectivity index (χ2n) is 6.38. The summed E-state index contributed by atoms with van der Waals surface area (Å²) in [5.74, 6) is 0.0614. The Morgan fingerprint density at radius 3 is 2.52 bits per heavy atom. The van der Waals surface area contributed by atoms with E-state index in [1.54, 1.807) is 23.1 Å². The topological polar surface area (TPSA) is 40.6 Å². The third-order valence-electron chi connectivity index (χ3n) is 4.35. The lowest BCUT2D eigenvalue weighted by Crippen LogP contribution is -2.23. The summed E-state index contributed by atoms with van der Waals surface area (Å²) in [6, 6.07) is 15.3. The van der Waals surface area contributed by atoms with Gasteiger partial charge >= 0.3 is 0 Å². The summed E-state index contributed by atoms with van der Waals surface area (Å²) < 4.78 is 0. The van der Waals surface area contributed by atoms with Crippen LogP contribution < -0.4 is 9.80 Å². The number of nitrogens with zero attached hydrogens (tertiary/aromatic N) is 2. The lowest BCUT2D eigenvalue weighted by molar-refractivity contribution is -0.117. The van der Waals surface area contributed by atoms with Crippen LogP contribution in [-0.4, -0.2) is 32.3 Å². The maximum absolute atomic E-state index is 12.4. The maximum atomic E-state index is 12.4. The zero-order chi connectivity index (χ0) is 17.8. The van der Waals surface area contributed by atoms with Crippen LogP contribution >= 0.6 is 0 Å². The number of carbonyl (C=O) groups excluding carboxylic acids is 2. The fraction of sp³-hybridized carbons (Fsp3) is 0.238. The number of allylic oxidation sites excluding steroid dienone is 1. The molecule has 0 spiro atoms. The van der Waals surface area contributed by atoms with E-state index in [0.29, 0.717) is 12.0 Å². The van der Waals surface area contributed by atoms with Crippen molar-refractivity contribution in [3.05, 3.63) is 65.7 Å². The van der Waals surface area contributed by atoms with Crippen LogP contribution in [0.1, 0.15) is 28.8 Å². The summed E-state index contributed by atoms with van der Waals surface area (Å²) >= 11 is 0. The number of ketones is 1. The number of amides is 1. The van der Waals surface area contributed by atoms with Gasteiger partial charge in [-0.2, -0.15) is 0 Å². The van der Waals surface area contributed by atoms with E-state index in [4.69, 9.17) is 0 Å². The Morgan fingerprint density at radius 1 is 1.12 bits per heavy atom. The van der Waals surface area contributed by atoms with Crippen molar-refractivity contribution in [3.8, 4) is 0 Å². The molecule has 1 aliphatic rings. The van der Waals surface area contributed by atoms with Gasteiger partial charge < -0.3 is 9.80 Å². The Hall–Kier alpha value is -2.88. The minimum Gasteiger partial charge on any atom is -0.378 e. The summed E-state index contributed by atoms with van der Waals surface area (Å²) in [5, 5.41) is 0. The fourth-order valence-electron chi connectivity index (χ4n) is 2.90. The Labute approximate surface area is 148 Å². The monoisotopic (exact) mass is 334 g/mol. The summed E-state index contributed by atoms with van der Waals surface area (Å²) in [7, 11) is 3.99. The van der Waals surface area contributed by atoms with E-state index in [-0.39, 0.29) is 11.7 Å². The van der Waals surface area contributed by atoms with Crippen molar-refractivity contribution >= 4 is 29.1 Å². The van der Waals surface area contributed by atoms with Crippen molar-refractivity contribution < 1.29 is 9.59 Å². The molecule has 25 heavy (non-hydrogen) atoms. The van der Waals surface area contributed by atoms with E-state index in [9.17, 15) is 9.59 Å². The van der Waals surface area contributed by atoms with Gasteiger partial charge in [-0.3, -0.25) is 9.59 Å². The van der Waals surface area contributed by atoms with Gasteiger partial charge in [0.05, 0.1) is 0 Å². The van der Waals surface area contributed by atoms with Gasteiger partial charge in [0.25, 0.3) is 0 Å². The average Bonchev–Trinajstić information content (AvgIpc) is 3.06. The molecule has 4 nitrogen and oxygen atoms in total. The van der Waals surface area contributed by atoms with Crippen molar-refractivity contribution in [2.75, 3.05) is 30.4 Å². The van der Waals surface area contributed by atoms with Crippen molar-refractivity contribution in [1.82, 2.24) is 0 Å². The van der Waals surface area contributed by atoms with E-state index in [1.165, 1.54) is 0 Å². The molecular weight excluding hydrogens is 312 g/mol. The van der Waals surface area contributed by atoms with Crippen LogP contribution in [0.2, 0.25) is 0 Å². The summed E-state index contributed by atoms with van der Waals surface area (Å²) in [6.07, 6.45) is 4.85. The molecule has 1 amide bonds. The van der Waals surface area contributed by atoms with Gasteiger partial charge in [-0.15, -0.1) is 0 Å². The fourth-order valence-corrected chi connectivity index (χ4v) is 2.90. The average molecular weight is 334 g/mol. The standard InChI is InChI=1S/C21H22N2O2/c1-22(2)18-11-8-16(9-12-18)10-13-20(24)17-5-3-6-19(15-17)23-14-4-7-21(23)25/h3,5-6,8-13,15H,4,7,14H2,1-2H3/b13-10+. The highest BCUT2D eigenvalue weighted by Crippen LogP contribution is 2.22. The minimum absolute atomic E-state index is 0.0646. The molecule has 0 saturated carbocycles. The third kappa shape index (κ3) is 3.97. The molecule has 0 aliphatic carbocycles. The van der Waals surface area contributed by atoms with Crippen LogP contribution in [0.5, 0.6) is 0 Å². The van der Waals surface area contributed by atoms with Crippen LogP contribution in [0, 0.1) is 0 Å². The van der Waals surface area contributed by atoms with Crippen LogP contribution in [-0.2, 0) is 4.79 Å². The zero-order valence-corrected chi connectivity index (χ0v) is 14.6. The number of rotatable bonds is 5. The van der Waals surface area contributed by atoms with Gasteiger partial charge in [-0.25, -0.2) is 0 Å². The van der Waals surface area contributed by atoms with Crippen LogP contribution in [0.15, 0.2) is 54.6 Å². The first kappa shape index (κ1) is 17.0. The molecule has 1 aliphatic heterocycles. The maximum Gasteiger partial charge on any atom is 0.227 e. The SMILES string of the molecule is CN(C)c1ccc(/C=C/C(=O)c2cccc(N3CCCC3=O)c2)cc1. The molecule has 1 fully saturated rings.